The molecule has 4 heterocycles. The fourth-order valence-electron chi connectivity index (χ4n) is 5.69. The molecule has 310 valence electrons. The van der Waals surface area contributed by atoms with Crippen LogP contribution in [0.25, 0.3) is 11.2 Å². The van der Waals surface area contributed by atoms with Crippen LogP contribution in [-0.4, -0.2) is 96.7 Å². The average Bonchev–Trinajstić information content (AvgIpc) is 3.82. The third-order valence-electron chi connectivity index (χ3n) is 8.50. The lowest BCUT2D eigenvalue weighted by Gasteiger charge is -2.20. The van der Waals surface area contributed by atoms with E-state index in [1.807, 2.05) is 41.7 Å². The highest BCUT2D eigenvalue weighted by atomic mass is 16.5. The van der Waals surface area contributed by atoms with Crippen LogP contribution < -0.4 is 26.8 Å². The minimum absolute atomic E-state index is 0.151. The molecule has 0 spiro atoms. The standard InChI is InChI=1S/C14H22N4O5.C11H16N4O2.C11H19N3O2/c1-6-8-18(13(20)16-14(21)23-5)11-10(12(19)22-4)17(3)9(7-2)15-11;1-4-6-15-9-8(10(16)13-11(15)17)14(3)7(5-2)12-9;1-5-7-12-10-9(11(15)16-4)14(3)8(6-2)13-10/h6-8H2,1-5H3,(H,16,20,21);4-6H2,1-3H3,(H,13,16,17);12H,5-7H2,1-4H3. The molecule has 0 aromatic carbocycles. The zero-order valence-corrected chi connectivity index (χ0v) is 34.6. The molecule has 4 aromatic heterocycles. The lowest BCUT2D eigenvalue weighted by molar-refractivity contribution is 0.0581. The van der Waals surface area contributed by atoms with Crippen molar-refractivity contribution in [3.63, 3.8) is 0 Å². The molecule has 20 nitrogen and oxygen atoms in total. The molecule has 0 aliphatic rings. The van der Waals surface area contributed by atoms with Gasteiger partial charge >= 0.3 is 29.8 Å². The molecule has 0 atom stereocenters. The summed E-state index contributed by atoms with van der Waals surface area (Å²) in [6.07, 6.45) is 3.60. The van der Waals surface area contributed by atoms with Crippen LogP contribution in [-0.2, 0) is 61.2 Å². The van der Waals surface area contributed by atoms with Gasteiger partial charge < -0.3 is 33.2 Å². The Hall–Kier alpha value is -5.95. The Bertz CT molecular complexity index is 2090. The number of esters is 2. The third kappa shape index (κ3) is 10.6. The fourth-order valence-corrected chi connectivity index (χ4v) is 5.69. The molecule has 0 saturated carbocycles. The lowest BCUT2D eigenvalue weighted by atomic mass is 10.3. The largest absolute Gasteiger partial charge is 0.464 e. The molecule has 0 radical (unpaired) electrons. The third-order valence-corrected chi connectivity index (χ3v) is 8.50. The molecule has 3 N–H and O–H groups in total. The molecule has 3 amide bonds. The maximum atomic E-state index is 12.3. The zero-order valence-electron chi connectivity index (χ0n) is 34.6. The van der Waals surface area contributed by atoms with Gasteiger partial charge in [-0.1, -0.05) is 41.5 Å². The van der Waals surface area contributed by atoms with Crippen LogP contribution in [0.1, 0.15) is 99.3 Å². The highest BCUT2D eigenvalue weighted by Gasteiger charge is 2.29. The van der Waals surface area contributed by atoms with E-state index in [-0.39, 0.29) is 35.3 Å². The number of rotatable bonds is 13. The summed E-state index contributed by atoms with van der Waals surface area (Å²) in [4.78, 5) is 87.4. The first kappa shape index (κ1) is 46.2. The first-order valence-electron chi connectivity index (χ1n) is 18.5. The van der Waals surface area contributed by atoms with Crippen molar-refractivity contribution in [2.24, 2.45) is 21.1 Å². The molecular formula is C36H57N11O9. The Morgan fingerprint density at radius 2 is 1.27 bits per heavy atom. The number of H-pyrrole nitrogens is 1. The number of alkyl carbamates (subject to hydrolysis) is 1. The monoisotopic (exact) mass is 787 g/mol. The Labute approximate surface area is 325 Å². The van der Waals surface area contributed by atoms with Crippen molar-refractivity contribution >= 4 is 46.9 Å². The van der Waals surface area contributed by atoms with Crippen LogP contribution in [0.5, 0.6) is 0 Å². The highest BCUT2D eigenvalue weighted by Crippen LogP contribution is 2.23. The minimum atomic E-state index is -0.887. The molecule has 0 bridgehead atoms. The van der Waals surface area contributed by atoms with Gasteiger partial charge in [0.15, 0.2) is 34.2 Å². The summed E-state index contributed by atoms with van der Waals surface area (Å²) in [5.41, 5.74) is 0.845. The second-order valence-electron chi connectivity index (χ2n) is 12.3. The number of urea groups is 1. The topological polar surface area (TPSA) is 232 Å². The van der Waals surface area contributed by atoms with E-state index in [4.69, 9.17) is 9.47 Å². The second kappa shape index (κ2) is 21.8. The number of aromatic amines is 1. The van der Waals surface area contributed by atoms with Gasteiger partial charge in [0.2, 0.25) is 0 Å². The summed E-state index contributed by atoms with van der Waals surface area (Å²) >= 11 is 0. The van der Waals surface area contributed by atoms with Gasteiger partial charge in [0.1, 0.15) is 17.5 Å². The molecule has 0 unspecified atom stereocenters. The van der Waals surface area contributed by atoms with E-state index in [0.29, 0.717) is 47.9 Å². The lowest BCUT2D eigenvalue weighted by Crippen LogP contribution is -2.44. The van der Waals surface area contributed by atoms with E-state index in [9.17, 15) is 28.8 Å². The average molecular weight is 788 g/mol. The van der Waals surface area contributed by atoms with Crippen LogP contribution >= 0.6 is 0 Å². The van der Waals surface area contributed by atoms with Gasteiger partial charge in [-0.15, -0.1) is 0 Å². The summed E-state index contributed by atoms with van der Waals surface area (Å²) in [5, 5.41) is 5.21. The number of imidazole rings is 3. The molecular weight excluding hydrogens is 730 g/mol. The number of imide groups is 1. The number of aryl methyl sites for hydroxylation is 5. The second-order valence-corrected chi connectivity index (χ2v) is 12.3. The predicted octanol–water partition coefficient (Wildman–Crippen LogP) is 3.45. The number of nitrogens with one attached hydrogen (secondary N) is 3. The van der Waals surface area contributed by atoms with Gasteiger partial charge in [0, 0.05) is 60.0 Å². The SMILES string of the molecule is CCCN(C(=O)NC(=O)OC)c1nc(CC)n(C)c1C(=O)OC.CCCNc1nc(CC)n(C)c1C(=O)OC.CCCn1c(=O)[nH]c(=O)c2c1nc(CC)n2C. The molecule has 20 heteroatoms. The van der Waals surface area contributed by atoms with E-state index in [1.54, 1.807) is 27.8 Å². The maximum absolute atomic E-state index is 12.3. The van der Waals surface area contributed by atoms with Gasteiger partial charge in [-0.2, -0.15) is 0 Å². The van der Waals surface area contributed by atoms with Crippen molar-refractivity contribution in [2.75, 3.05) is 44.6 Å². The van der Waals surface area contributed by atoms with Gasteiger partial charge in [-0.05, 0) is 19.3 Å². The number of aromatic nitrogens is 8. The number of amides is 3. The van der Waals surface area contributed by atoms with Gasteiger partial charge in [-0.3, -0.25) is 19.2 Å². The van der Waals surface area contributed by atoms with Crippen LogP contribution in [0.3, 0.4) is 0 Å². The van der Waals surface area contributed by atoms with Gasteiger partial charge in [0.05, 0.1) is 21.3 Å². The number of fused-ring (bicyclic) bond motifs is 1. The number of ether oxygens (including phenoxy) is 3. The first-order valence-corrected chi connectivity index (χ1v) is 18.5. The number of anilines is 2. The molecule has 0 aliphatic heterocycles. The quantitative estimate of drug-likeness (QED) is 0.130. The van der Waals surface area contributed by atoms with Gasteiger partial charge in [-0.25, -0.2) is 44.2 Å². The number of carbonyl (C=O) groups excluding carboxylic acids is 4. The van der Waals surface area contributed by atoms with E-state index < -0.39 is 18.1 Å². The van der Waals surface area contributed by atoms with Crippen LogP contribution in [0.2, 0.25) is 0 Å². The molecule has 56 heavy (non-hydrogen) atoms. The van der Waals surface area contributed by atoms with Crippen molar-refractivity contribution in [3.8, 4) is 0 Å². The molecule has 4 rings (SSSR count). The Kier molecular flexibility index (Phi) is 18.0. The number of methoxy groups -OCH3 is 3. The van der Waals surface area contributed by atoms with E-state index in [0.717, 1.165) is 51.0 Å². The van der Waals surface area contributed by atoms with Gasteiger partial charge in [0.25, 0.3) is 5.56 Å². The van der Waals surface area contributed by atoms with E-state index >= 15 is 0 Å². The smallest absolute Gasteiger partial charge is 0.415 e. The van der Waals surface area contributed by atoms with E-state index in [1.165, 1.54) is 23.7 Å². The Morgan fingerprint density at radius 3 is 1.79 bits per heavy atom. The summed E-state index contributed by atoms with van der Waals surface area (Å²) in [6.45, 7) is 13.4. The van der Waals surface area contributed by atoms with Crippen LogP contribution in [0.4, 0.5) is 21.2 Å². The molecule has 0 aliphatic carbocycles. The normalized spacial score (nSPS) is 10.5. The van der Waals surface area contributed by atoms with Crippen molar-refractivity contribution in [2.45, 2.75) is 86.6 Å². The summed E-state index contributed by atoms with van der Waals surface area (Å²) in [5.74, 6) is 2.11. The number of hydrogen-bond donors (Lipinski definition) is 3. The summed E-state index contributed by atoms with van der Waals surface area (Å²) in [6, 6.07) is -0.718. The number of carbonyl (C=O) groups is 4. The van der Waals surface area contributed by atoms with Crippen molar-refractivity contribution in [3.05, 3.63) is 49.7 Å². The van der Waals surface area contributed by atoms with E-state index in [2.05, 4.69) is 42.2 Å². The highest BCUT2D eigenvalue weighted by molar-refractivity contribution is 6.04. The molecule has 0 fully saturated rings. The Morgan fingerprint density at radius 1 is 0.714 bits per heavy atom. The molecule has 0 saturated heterocycles. The van der Waals surface area contributed by atoms with Crippen LogP contribution in [0, 0.1) is 0 Å². The minimum Gasteiger partial charge on any atom is -0.464 e. The van der Waals surface area contributed by atoms with Crippen LogP contribution in [0.15, 0.2) is 9.59 Å². The predicted molar refractivity (Wildman–Crippen MR) is 210 cm³/mol. The summed E-state index contributed by atoms with van der Waals surface area (Å²) < 4.78 is 20.6. The number of nitrogens with zero attached hydrogens (tertiary/aromatic N) is 8. The zero-order chi connectivity index (χ0) is 42.3. The van der Waals surface area contributed by atoms with Crippen molar-refractivity contribution in [1.82, 2.24) is 43.5 Å². The first-order chi connectivity index (χ1) is 26.7. The Balaban J connectivity index is 0.000000296. The fraction of sp³-hybridized carbons (Fsp3) is 0.583. The summed E-state index contributed by atoms with van der Waals surface area (Å²) in [7, 11) is 9.08. The number of hydrogen-bond acceptors (Lipinski definition) is 13. The molecule has 4 aromatic rings. The van der Waals surface area contributed by atoms with Crippen molar-refractivity contribution < 1.29 is 33.4 Å². The van der Waals surface area contributed by atoms with Crippen molar-refractivity contribution in [1.29, 1.82) is 0 Å². The maximum Gasteiger partial charge on any atom is 0.415 e.